The summed E-state index contributed by atoms with van der Waals surface area (Å²) in [5.74, 6) is -0.0163. The smallest absolute Gasteiger partial charge is 0.254 e. The Bertz CT molecular complexity index is 238. The molecule has 0 aliphatic carbocycles. The van der Waals surface area contributed by atoms with Gasteiger partial charge < -0.3 is 9.64 Å². The number of carbonyl (C=O) groups is 1. The van der Waals surface area contributed by atoms with Crippen molar-refractivity contribution < 1.29 is 9.53 Å². The zero-order valence-corrected chi connectivity index (χ0v) is 10.8. The van der Waals surface area contributed by atoms with Gasteiger partial charge in [0.15, 0.2) is 0 Å². The molecule has 0 saturated heterocycles. The maximum atomic E-state index is 12.2. The summed E-state index contributed by atoms with van der Waals surface area (Å²) in [7, 11) is 1.55. The molecule has 0 aliphatic heterocycles. The Morgan fingerprint density at radius 2 is 1.80 bits per heavy atom. The maximum absolute atomic E-state index is 12.2. The highest BCUT2D eigenvalue weighted by molar-refractivity contribution is 5.85. The van der Waals surface area contributed by atoms with Crippen LogP contribution in [-0.4, -0.2) is 35.6 Å². The standard InChI is InChI=1S/C12H23NO2/c1-8-9-13(11(2,3)4)10(14)12(5,6)15-7/h8H,1,9H2,2-7H3. The van der Waals surface area contributed by atoms with E-state index in [1.165, 1.54) is 0 Å². The molecule has 0 aliphatic rings. The summed E-state index contributed by atoms with van der Waals surface area (Å²) in [6.45, 7) is 13.8. The van der Waals surface area contributed by atoms with Crippen LogP contribution in [0.5, 0.6) is 0 Å². The van der Waals surface area contributed by atoms with Crippen molar-refractivity contribution in [2.45, 2.75) is 45.8 Å². The van der Waals surface area contributed by atoms with Gasteiger partial charge in [0.05, 0.1) is 0 Å². The number of methoxy groups -OCH3 is 1. The molecule has 88 valence electrons. The van der Waals surface area contributed by atoms with E-state index < -0.39 is 5.60 Å². The van der Waals surface area contributed by atoms with Crippen molar-refractivity contribution in [3.63, 3.8) is 0 Å². The van der Waals surface area contributed by atoms with Crippen molar-refractivity contribution in [3.05, 3.63) is 12.7 Å². The second kappa shape index (κ2) is 4.79. The van der Waals surface area contributed by atoms with Gasteiger partial charge in [-0.15, -0.1) is 6.58 Å². The molecule has 15 heavy (non-hydrogen) atoms. The number of ether oxygens (including phenoxy) is 1. The van der Waals surface area contributed by atoms with Crippen molar-refractivity contribution in [1.29, 1.82) is 0 Å². The van der Waals surface area contributed by atoms with Crippen LogP contribution in [0.1, 0.15) is 34.6 Å². The van der Waals surface area contributed by atoms with Crippen molar-refractivity contribution in [3.8, 4) is 0 Å². The van der Waals surface area contributed by atoms with E-state index in [0.717, 1.165) is 0 Å². The minimum atomic E-state index is -0.781. The number of carbonyl (C=O) groups excluding carboxylic acids is 1. The largest absolute Gasteiger partial charge is 0.369 e. The summed E-state index contributed by atoms with van der Waals surface area (Å²) in [6.07, 6.45) is 1.73. The van der Waals surface area contributed by atoms with Crippen LogP contribution >= 0.6 is 0 Å². The third-order valence-corrected chi connectivity index (χ3v) is 2.39. The molecule has 0 saturated carbocycles. The lowest BCUT2D eigenvalue weighted by molar-refractivity contribution is -0.155. The lowest BCUT2D eigenvalue weighted by Gasteiger charge is -2.39. The van der Waals surface area contributed by atoms with Gasteiger partial charge in [-0.3, -0.25) is 4.79 Å². The zero-order chi connectivity index (χ0) is 12.3. The lowest BCUT2D eigenvalue weighted by atomic mass is 10.0. The van der Waals surface area contributed by atoms with Gasteiger partial charge >= 0.3 is 0 Å². The first kappa shape index (κ1) is 14.2. The van der Waals surface area contributed by atoms with Gasteiger partial charge in [-0.2, -0.15) is 0 Å². The molecular weight excluding hydrogens is 190 g/mol. The third kappa shape index (κ3) is 3.67. The van der Waals surface area contributed by atoms with Crippen LogP contribution in [0.25, 0.3) is 0 Å². The molecule has 3 nitrogen and oxygen atoms in total. The van der Waals surface area contributed by atoms with Crippen molar-refractivity contribution in [2.75, 3.05) is 13.7 Å². The average Bonchev–Trinajstić information content (AvgIpc) is 2.11. The molecule has 0 bridgehead atoms. The van der Waals surface area contributed by atoms with E-state index in [2.05, 4.69) is 6.58 Å². The Labute approximate surface area is 93.1 Å². The van der Waals surface area contributed by atoms with E-state index in [1.807, 2.05) is 20.8 Å². The predicted molar refractivity (Wildman–Crippen MR) is 62.8 cm³/mol. The van der Waals surface area contributed by atoms with E-state index >= 15 is 0 Å². The Kier molecular flexibility index (Phi) is 4.53. The molecule has 3 heteroatoms. The second-order valence-electron chi connectivity index (χ2n) is 5.09. The first-order valence-corrected chi connectivity index (χ1v) is 5.15. The maximum Gasteiger partial charge on any atom is 0.254 e. The van der Waals surface area contributed by atoms with Crippen LogP contribution in [0.3, 0.4) is 0 Å². The number of rotatable bonds is 4. The molecule has 0 unspecified atom stereocenters. The summed E-state index contributed by atoms with van der Waals surface area (Å²) < 4.78 is 5.20. The fraction of sp³-hybridized carbons (Fsp3) is 0.750. The molecule has 0 N–H and O–H groups in total. The van der Waals surface area contributed by atoms with Crippen LogP contribution in [0, 0.1) is 0 Å². The molecule has 0 fully saturated rings. The number of amides is 1. The van der Waals surface area contributed by atoms with Crippen molar-refractivity contribution in [2.24, 2.45) is 0 Å². The van der Waals surface area contributed by atoms with E-state index in [9.17, 15) is 4.79 Å². The molecule has 0 aromatic carbocycles. The first-order valence-electron chi connectivity index (χ1n) is 5.15. The minimum Gasteiger partial charge on any atom is -0.369 e. The molecule has 0 rings (SSSR count). The SMILES string of the molecule is C=CCN(C(=O)C(C)(C)OC)C(C)(C)C. The van der Waals surface area contributed by atoms with Crippen LogP contribution in [0.2, 0.25) is 0 Å². The molecule has 0 spiro atoms. The number of hydrogen-bond acceptors (Lipinski definition) is 2. The molecule has 0 aromatic rings. The third-order valence-electron chi connectivity index (χ3n) is 2.39. The monoisotopic (exact) mass is 213 g/mol. The summed E-state index contributed by atoms with van der Waals surface area (Å²) >= 11 is 0. The first-order chi connectivity index (χ1) is 6.66. The van der Waals surface area contributed by atoms with Crippen LogP contribution < -0.4 is 0 Å². The summed E-state index contributed by atoms with van der Waals surface area (Å²) in [4.78, 5) is 14.0. The van der Waals surface area contributed by atoms with Gasteiger partial charge in [-0.25, -0.2) is 0 Å². The summed E-state index contributed by atoms with van der Waals surface area (Å²) in [5.41, 5.74) is -1.00. The minimum absolute atomic E-state index is 0.0163. The zero-order valence-electron chi connectivity index (χ0n) is 10.8. The lowest BCUT2D eigenvalue weighted by Crippen LogP contribution is -2.54. The van der Waals surface area contributed by atoms with Gasteiger partial charge in [0.1, 0.15) is 5.60 Å². The van der Waals surface area contributed by atoms with Crippen LogP contribution in [0.15, 0.2) is 12.7 Å². The Balaban J connectivity index is 4.95. The topological polar surface area (TPSA) is 29.5 Å². The van der Waals surface area contributed by atoms with Gasteiger partial charge in [0.2, 0.25) is 0 Å². The normalized spacial score (nSPS) is 12.4. The average molecular weight is 213 g/mol. The van der Waals surface area contributed by atoms with Gasteiger partial charge in [-0.05, 0) is 34.6 Å². The van der Waals surface area contributed by atoms with E-state index in [-0.39, 0.29) is 11.4 Å². The molecular formula is C12H23NO2. The fourth-order valence-electron chi connectivity index (χ4n) is 1.20. The quantitative estimate of drug-likeness (QED) is 0.670. The molecule has 0 aromatic heterocycles. The molecule has 1 amide bonds. The number of hydrogen-bond donors (Lipinski definition) is 0. The van der Waals surface area contributed by atoms with E-state index in [4.69, 9.17) is 4.74 Å². The molecule has 0 radical (unpaired) electrons. The summed E-state index contributed by atoms with van der Waals surface area (Å²) in [6, 6.07) is 0. The predicted octanol–water partition coefficient (Wildman–Crippen LogP) is 2.22. The van der Waals surface area contributed by atoms with E-state index in [0.29, 0.717) is 6.54 Å². The Morgan fingerprint density at radius 3 is 2.07 bits per heavy atom. The van der Waals surface area contributed by atoms with Crippen LogP contribution in [0.4, 0.5) is 0 Å². The van der Waals surface area contributed by atoms with E-state index in [1.54, 1.807) is 31.9 Å². The second-order valence-corrected chi connectivity index (χ2v) is 5.09. The number of nitrogens with zero attached hydrogens (tertiary/aromatic N) is 1. The van der Waals surface area contributed by atoms with Crippen molar-refractivity contribution >= 4 is 5.91 Å². The highest BCUT2D eigenvalue weighted by Gasteiger charge is 2.36. The molecule has 0 atom stereocenters. The van der Waals surface area contributed by atoms with Gasteiger partial charge in [-0.1, -0.05) is 6.08 Å². The van der Waals surface area contributed by atoms with Gasteiger partial charge in [0, 0.05) is 19.2 Å². The Morgan fingerprint density at radius 1 is 1.33 bits per heavy atom. The fourth-order valence-corrected chi connectivity index (χ4v) is 1.20. The molecule has 0 heterocycles. The van der Waals surface area contributed by atoms with Crippen molar-refractivity contribution in [1.82, 2.24) is 4.90 Å². The van der Waals surface area contributed by atoms with Crippen LogP contribution in [-0.2, 0) is 9.53 Å². The summed E-state index contributed by atoms with van der Waals surface area (Å²) in [5, 5.41) is 0. The Hall–Kier alpha value is -0.830. The highest BCUT2D eigenvalue weighted by Crippen LogP contribution is 2.20. The van der Waals surface area contributed by atoms with Gasteiger partial charge in [0.25, 0.3) is 5.91 Å². The highest BCUT2D eigenvalue weighted by atomic mass is 16.5.